The fourth-order valence-electron chi connectivity index (χ4n) is 3.74. The van der Waals surface area contributed by atoms with Crippen molar-refractivity contribution in [2.45, 2.75) is 6.42 Å². The SMILES string of the molecule is COc1cc(/C=C2/C(CNC(=O)Cc3ccccn3)=Cc3cc(F)ccc32)cc(OC)c1O. The Morgan fingerprint density at radius 2 is 1.88 bits per heavy atom. The number of methoxy groups -OCH3 is 2. The molecule has 1 heterocycles. The largest absolute Gasteiger partial charge is 0.502 e. The fraction of sp³-hybridized carbons (Fsp3) is 0.154. The Hall–Kier alpha value is -4.13. The molecule has 1 aromatic heterocycles. The molecule has 1 amide bonds. The number of carbonyl (C=O) groups excluding carboxylic acids is 1. The molecule has 0 aliphatic heterocycles. The predicted octanol–water partition coefficient (Wildman–Crippen LogP) is 4.24. The van der Waals surface area contributed by atoms with Crippen molar-refractivity contribution in [3.05, 3.63) is 88.5 Å². The van der Waals surface area contributed by atoms with E-state index in [1.54, 1.807) is 36.5 Å². The lowest BCUT2D eigenvalue weighted by molar-refractivity contribution is -0.120. The van der Waals surface area contributed by atoms with E-state index in [9.17, 15) is 14.3 Å². The van der Waals surface area contributed by atoms with Gasteiger partial charge in [0.1, 0.15) is 5.82 Å². The van der Waals surface area contributed by atoms with Crippen LogP contribution in [0.3, 0.4) is 0 Å². The molecule has 168 valence electrons. The number of benzene rings is 2. The van der Waals surface area contributed by atoms with E-state index in [2.05, 4.69) is 10.3 Å². The Labute approximate surface area is 191 Å². The van der Waals surface area contributed by atoms with E-state index in [1.807, 2.05) is 18.2 Å². The predicted molar refractivity (Wildman–Crippen MR) is 124 cm³/mol. The second-order valence-corrected chi connectivity index (χ2v) is 7.51. The summed E-state index contributed by atoms with van der Waals surface area (Å²) in [6.45, 7) is 0.264. The molecule has 1 aliphatic carbocycles. The van der Waals surface area contributed by atoms with Crippen LogP contribution in [0.2, 0.25) is 0 Å². The molecule has 0 unspecified atom stereocenters. The number of halogens is 1. The molecule has 1 aliphatic rings. The zero-order valence-corrected chi connectivity index (χ0v) is 18.3. The van der Waals surface area contributed by atoms with Gasteiger partial charge >= 0.3 is 0 Å². The number of hydrogen-bond acceptors (Lipinski definition) is 5. The molecule has 0 bridgehead atoms. The smallest absolute Gasteiger partial charge is 0.226 e. The fourth-order valence-corrected chi connectivity index (χ4v) is 3.74. The summed E-state index contributed by atoms with van der Waals surface area (Å²) in [4.78, 5) is 16.6. The van der Waals surface area contributed by atoms with Gasteiger partial charge in [0.05, 0.1) is 20.6 Å². The maximum atomic E-state index is 13.9. The van der Waals surface area contributed by atoms with Crippen molar-refractivity contribution >= 4 is 23.6 Å². The molecule has 0 fully saturated rings. The van der Waals surface area contributed by atoms with Crippen molar-refractivity contribution in [1.82, 2.24) is 10.3 Å². The first-order valence-electron chi connectivity index (χ1n) is 10.3. The van der Waals surface area contributed by atoms with Gasteiger partial charge < -0.3 is 19.9 Å². The number of aromatic hydroxyl groups is 1. The van der Waals surface area contributed by atoms with Crippen molar-refractivity contribution in [1.29, 1.82) is 0 Å². The molecule has 3 aromatic rings. The Morgan fingerprint density at radius 3 is 2.55 bits per heavy atom. The molecule has 0 atom stereocenters. The molecule has 2 N–H and O–H groups in total. The number of amides is 1. The number of nitrogens with one attached hydrogen (secondary N) is 1. The Morgan fingerprint density at radius 1 is 1.12 bits per heavy atom. The maximum absolute atomic E-state index is 13.9. The molecule has 7 heteroatoms. The first-order valence-corrected chi connectivity index (χ1v) is 10.3. The first kappa shape index (κ1) is 22.1. The van der Waals surface area contributed by atoms with Gasteiger partial charge in [0.25, 0.3) is 0 Å². The number of phenols is 1. The summed E-state index contributed by atoms with van der Waals surface area (Å²) in [5, 5.41) is 13.1. The van der Waals surface area contributed by atoms with Crippen LogP contribution in [0.4, 0.5) is 4.39 Å². The highest BCUT2D eigenvalue weighted by atomic mass is 19.1. The van der Waals surface area contributed by atoms with Crippen LogP contribution < -0.4 is 14.8 Å². The summed E-state index contributed by atoms with van der Waals surface area (Å²) in [7, 11) is 2.92. The van der Waals surface area contributed by atoms with Crippen LogP contribution in [0.15, 0.2) is 60.3 Å². The third-order valence-corrected chi connectivity index (χ3v) is 5.34. The van der Waals surface area contributed by atoms with Crippen molar-refractivity contribution < 1.29 is 23.8 Å². The van der Waals surface area contributed by atoms with E-state index in [-0.39, 0.29) is 41.9 Å². The average Bonchev–Trinajstić information content (AvgIpc) is 3.15. The molecular weight excluding hydrogens is 423 g/mol. The number of ether oxygens (including phenoxy) is 2. The van der Waals surface area contributed by atoms with Gasteiger partial charge in [-0.3, -0.25) is 9.78 Å². The van der Waals surface area contributed by atoms with Gasteiger partial charge in [-0.15, -0.1) is 0 Å². The third kappa shape index (κ3) is 4.87. The number of pyridine rings is 1. The normalized spacial score (nSPS) is 13.4. The molecule has 0 spiro atoms. The number of phenolic OH excluding ortho intramolecular Hbond substituents is 1. The number of rotatable bonds is 7. The Kier molecular flexibility index (Phi) is 6.40. The highest BCUT2D eigenvalue weighted by Crippen LogP contribution is 2.41. The minimum atomic E-state index is -0.335. The van der Waals surface area contributed by atoms with Crippen molar-refractivity contribution in [2.24, 2.45) is 0 Å². The number of aromatic nitrogens is 1. The molecular formula is C26H23FN2O4. The van der Waals surface area contributed by atoms with E-state index < -0.39 is 0 Å². The molecule has 0 radical (unpaired) electrons. The van der Waals surface area contributed by atoms with Crippen molar-refractivity contribution in [3.63, 3.8) is 0 Å². The lowest BCUT2D eigenvalue weighted by Gasteiger charge is -2.12. The summed E-state index contributed by atoms with van der Waals surface area (Å²) < 4.78 is 24.4. The minimum Gasteiger partial charge on any atom is -0.502 e. The van der Waals surface area contributed by atoms with Crippen LogP contribution in [0.25, 0.3) is 17.7 Å². The first-order chi connectivity index (χ1) is 16.0. The van der Waals surface area contributed by atoms with Crippen LogP contribution in [0.1, 0.15) is 22.4 Å². The number of carbonyl (C=O) groups is 1. The van der Waals surface area contributed by atoms with Crippen LogP contribution in [-0.4, -0.2) is 36.8 Å². The zero-order chi connectivity index (χ0) is 23.4. The van der Waals surface area contributed by atoms with Gasteiger partial charge in [-0.1, -0.05) is 12.1 Å². The molecule has 6 nitrogen and oxygen atoms in total. The Balaban J connectivity index is 1.63. The van der Waals surface area contributed by atoms with Gasteiger partial charge in [0.15, 0.2) is 11.5 Å². The van der Waals surface area contributed by atoms with Crippen LogP contribution >= 0.6 is 0 Å². The molecule has 33 heavy (non-hydrogen) atoms. The lowest BCUT2D eigenvalue weighted by atomic mass is 9.99. The van der Waals surface area contributed by atoms with Crippen molar-refractivity contribution in [3.8, 4) is 17.2 Å². The van der Waals surface area contributed by atoms with E-state index in [1.165, 1.54) is 26.4 Å². The quantitative estimate of drug-likeness (QED) is 0.568. The maximum Gasteiger partial charge on any atom is 0.226 e. The lowest BCUT2D eigenvalue weighted by Crippen LogP contribution is -2.27. The second-order valence-electron chi connectivity index (χ2n) is 7.51. The van der Waals surface area contributed by atoms with Crippen LogP contribution in [-0.2, 0) is 11.2 Å². The van der Waals surface area contributed by atoms with E-state index in [0.29, 0.717) is 5.69 Å². The van der Waals surface area contributed by atoms with Crippen LogP contribution in [0.5, 0.6) is 17.2 Å². The van der Waals surface area contributed by atoms with Gasteiger partial charge in [-0.25, -0.2) is 4.39 Å². The van der Waals surface area contributed by atoms with E-state index in [4.69, 9.17) is 9.47 Å². The third-order valence-electron chi connectivity index (χ3n) is 5.34. The summed E-state index contributed by atoms with van der Waals surface area (Å²) in [6, 6.07) is 13.4. The van der Waals surface area contributed by atoms with Gasteiger partial charge in [-0.05, 0) is 76.4 Å². The summed E-state index contributed by atoms with van der Waals surface area (Å²) in [6.07, 6.45) is 5.57. The minimum absolute atomic E-state index is 0.0893. The van der Waals surface area contributed by atoms with E-state index in [0.717, 1.165) is 27.8 Å². The Bertz CT molecular complexity index is 1230. The summed E-state index contributed by atoms with van der Waals surface area (Å²) >= 11 is 0. The monoisotopic (exact) mass is 446 g/mol. The zero-order valence-electron chi connectivity index (χ0n) is 18.3. The number of fused-ring (bicyclic) bond motifs is 1. The van der Waals surface area contributed by atoms with Gasteiger partial charge in [0.2, 0.25) is 11.7 Å². The topological polar surface area (TPSA) is 80.7 Å². The molecule has 2 aromatic carbocycles. The second kappa shape index (κ2) is 9.56. The van der Waals surface area contributed by atoms with Gasteiger partial charge in [-0.2, -0.15) is 0 Å². The summed E-state index contributed by atoms with van der Waals surface area (Å²) in [5.41, 5.74) is 4.64. The van der Waals surface area contributed by atoms with Gasteiger partial charge in [0, 0.05) is 18.4 Å². The highest BCUT2D eigenvalue weighted by Gasteiger charge is 2.21. The average molecular weight is 446 g/mol. The molecule has 0 saturated heterocycles. The summed E-state index contributed by atoms with van der Waals surface area (Å²) in [5.74, 6) is -0.0455. The number of nitrogens with zero attached hydrogens (tertiary/aromatic N) is 1. The van der Waals surface area contributed by atoms with Crippen molar-refractivity contribution in [2.75, 3.05) is 20.8 Å². The molecule has 0 saturated carbocycles. The van der Waals surface area contributed by atoms with Crippen LogP contribution in [0, 0.1) is 5.82 Å². The standard InChI is InChI=1S/C26H23FN2O4/c1-32-23-10-16(11-24(33-2)26(23)31)9-22-18(12-17-13-19(27)6-7-21(17)22)15-29-25(30)14-20-5-3-4-8-28-20/h3-13,31H,14-15H2,1-2H3,(H,29,30)/b22-9-. The highest BCUT2D eigenvalue weighted by molar-refractivity contribution is 6.02. The molecule has 4 rings (SSSR count). The number of hydrogen-bond donors (Lipinski definition) is 2. The van der Waals surface area contributed by atoms with E-state index >= 15 is 0 Å².